The van der Waals surface area contributed by atoms with E-state index < -0.39 is 0 Å². The van der Waals surface area contributed by atoms with Crippen molar-refractivity contribution >= 4 is 10.9 Å². The fourth-order valence-electron chi connectivity index (χ4n) is 3.43. The minimum absolute atomic E-state index is 0.128. The van der Waals surface area contributed by atoms with Gasteiger partial charge in [0.2, 0.25) is 0 Å². The van der Waals surface area contributed by atoms with Gasteiger partial charge in [0.25, 0.3) is 5.56 Å². The molecule has 0 aliphatic carbocycles. The second-order valence-corrected chi connectivity index (χ2v) is 6.51. The Kier molecular flexibility index (Phi) is 5.44. The summed E-state index contributed by atoms with van der Waals surface area (Å²) in [5.74, 6) is 0.956. The van der Waals surface area contributed by atoms with Crippen LogP contribution >= 0.6 is 0 Å². The summed E-state index contributed by atoms with van der Waals surface area (Å²) in [5, 5.41) is 0.744. The molecule has 0 bridgehead atoms. The van der Waals surface area contributed by atoms with Gasteiger partial charge in [-0.2, -0.15) is 0 Å². The highest BCUT2D eigenvalue weighted by Gasteiger charge is 2.13. The molecule has 0 atom stereocenters. The van der Waals surface area contributed by atoms with Crippen LogP contribution in [0.2, 0.25) is 0 Å². The molecule has 4 heteroatoms. The number of unbranched alkanes of at least 4 members (excludes halogenated alkanes) is 1. The van der Waals surface area contributed by atoms with Gasteiger partial charge in [0.05, 0.1) is 10.9 Å². The van der Waals surface area contributed by atoms with E-state index in [1.54, 1.807) is 0 Å². The monoisotopic (exact) mass is 313 g/mol. The van der Waals surface area contributed by atoms with E-state index in [0.717, 1.165) is 55.5 Å². The van der Waals surface area contributed by atoms with Crippen molar-refractivity contribution in [2.45, 2.75) is 52.0 Å². The lowest BCUT2D eigenvalue weighted by Gasteiger charge is -2.17. The number of rotatable bonds is 7. The fraction of sp³-hybridized carbons (Fsp3) is 0.579. The quantitative estimate of drug-likeness (QED) is 0.788. The zero-order valence-corrected chi connectivity index (χ0v) is 14.1. The summed E-state index contributed by atoms with van der Waals surface area (Å²) >= 11 is 0. The van der Waals surface area contributed by atoms with Crippen LogP contribution in [0, 0.1) is 0 Å². The van der Waals surface area contributed by atoms with Gasteiger partial charge in [0.15, 0.2) is 0 Å². The molecule has 4 nitrogen and oxygen atoms in total. The maximum atomic E-state index is 12.8. The van der Waals surface area contributed by atoms with Crippen molar-refractivity contribution in [2.75, 3.05) is 19.6 Å². The molecular formula is C19H27N3O. The summed E-state index contributed by atoms with van der Waals surface area (Å²) in [6.45, 7) is 6.48. The lowest BCUT2D eigenvalue weighted by molar-refractivity contribution is 0.323. The van der Waals surface area contributed by atoms with Gasteiger partial charge in [0, 0.05) is 13.0 Å². The normalized spacial score (nSPS) is 15.5. The van der Waals surface area contributed by atoms with E-state index in [1.165, 1.54) is 25.9 Å². The molecule has 2 heterocycles. The molecule has 0 radical (unpaired) electrons. The molecule has 0 amide bonds. The highest BCUT2D eigenvalue weighted by molar-refractivity contribution is 5.77. The van der Waals surface area contributed by atoms with Crippen LogP contribution < -0.4 is 5.56 Å². The third kappa shape index (κ3) is 3.81. The van der Waals surface area contributed by atoms with Gasteiger partial charge in [-0.1, -0.05) is 25.5 Å². The number of para-hydroxylation sites is 1. The van der Waals surface area contributed by atoms with Crippen molar-refractivity contribution in [1.29, 1.82) is 0 Å². The average molecular weight is 313 g/mol. The number of benzene rings is 1. The Balaban J connectivity index is 1.82. The molecular weight excluding hydrogens is 286 g/mol. The Hall–Kier alpha value is -1.68. The predicted octanol–water partition coefficient (Wildman–Crippen LogP) is 3.23. The minimum Gasteiger partial charge on any atom is -0.303 e. The van der Waals surface area contributed by atoms with Crippen molar-refractivity contribution in [1.82, 2.24) is 14.5 Å². The SMILES string of the molecule is CCCCc1nc2ccccc2c(=O)n1CCCN1CCCC1. The number of hydrogen-bond donors (Lipinski definition) is 0. The van der Waals surface area contributed by atoms with E-state index in [9.17, 15) is 4.79 Å². The van der Waals surface area contributed by atoms with E-state index in [2.05, 4.69) is 11.8 Å². The van der Waals surface area contributed by atoms with Crippen molar-refractivity contribution in [3.63, 3.8) is 0 Å². The number of likely N-dealkylation sites (tertiary alicyclic amines) is 1. The van der Waals surface area contributed by atoms with E-state index >= 15 is 0 Å². The molecule has 1 aliphatic heterocycles. The lowest BCUT2D eigenvalue weighted by Crippen LogP contribution is -2.28. The van der Waals surface area contributed by atoms with Gasteiger partial charge >= 0.3 is 0 Å². The van der Waals surface area contributed by atoms with Crippen LogP contribution in [-0.4, -0.2) is 34.1 Å². The van der Waals surface area contributed by atoms with Crippen LogP contribution in [0.25, 0.3) is 10.9 Å². The van der Waals surface area contributed by atoms with Gasteiger partial charge in [-0.25, -0.2) is 4.98 Å². The second-order valence-electron chi connectivity index (χ2n) is 6.51. The predicted molar refractivity (Wildman–Crippen MR) is 94.9 cm³/mol. The molecule has 1 saturated heterocycles. The Bertz CT molecular complexity index is 701. The summed E-state index contributed by atoms with van der Waals surface area (Å²) in [7, 11) is 0. The van der Waals surface area contributed by atoms with Crippen LogP contribution in [0.15, 0.2) is 29.1 Å². The molecule has 1 aliphatic rings. The first kappa shape index (κ1) is 16.2. The third-order valence-corrected chi connectivity index (χ3v) is 4.75. The number of aryl methyl sites for hydroxylation is 1. The smallest absolute Gasteiger partial charge is 0.261 e. The van der Waals surface area contributed by atoms with Crippen LogP contribution in [-0.2, 0) is 13.0 Å². The zero-order valence-electron chi connectivity index (χ0n) is 14.1. The van der Waals surface area contributed by atoms with Crippen LogP contribution in [0.1, 0.15) is 44.9 Å². The Morgan fingerprint density at radius 3 is 2.65 bits per heavy atom. The molecule has 2 aromatic rings. The van der Waals surface area contributed by atoms with Crippen molar-refractivity contribution in [3.8, 4) is 0 Å². The molecule has 0 spiro atoms. The minimum atomic E-state index is 0.128. The van der Waals surface area contributed by atoms with Crippen LogP contribution in [0.4, 0.5) is 0 Å². The number of fused-ring (bicyclic) bond motifs is 1. The highest BCUT2D eigenvalue weighted by Crippen LogP contribution is 2.12. The molecule has 1 fully saturated rings. The summed E-state index contributed by atoms with van der Waals surface area (Å²) < 4.78 is 1.92. The first-order valence-corrected chi connectivity index (χ1v) is 9.00. The molecule has 1 aromatic heterocycles. The Labute approximate surface area is 138 Å². The van der Waals surface area contributed by atoms with Gasteiger partial charge in [-0.15, -0.1) is 0 Å². The highest BCUT2D eigenvalue weighted by atomic mass is 16.1. The Morgan fingerprint density at radius 2 is 1.87 bits per heavy atom. The van der Waals surface area contributed by atoms with Crippen molar-refractivity contribution in [3.05, 3.63) is 40.4 Å². The summed E-state index contributed by atoms with van der Waals surface area (Å²) in [6.07, 6.45) is 6.76. The van der Waals surface area contributed by atoms with E-state index in [0.29, 0.717) is 0 Å². The van der Waals surface area contributed by atoms with E-state index in [-0.39, 0.29) is 5.56 Å². The molecule has 23 heavy (non-hydrogen) atoms. The Morgan fingerprint density at radius 1 is 1.09 bits per heavy atom. The van der Waals surface area contributed by atoms with Crippen LogP contribution in [0.5, 0.6) is 0 Å². The summed E-state index contributed by atoms with van der Waals surface area (Å²) in [6, 6.07) is 7.72. The maximum Gasteiger partial charge on any atom is 0.261 e. The number of hydrogen-bond acceptors (Lipinski definition) is 3. The van der Waals surface area contributed by atoms with E-state index in [1.807, 2.05) is 28.8 Å². The van der Waals surface area contributed by atoms with Gasteiger partial charge in [-0.3, -0.25) is 9.36 Å². The second kappa shape index (κ2) is 7.73. The molecule has 1 aromatic carbocycles. The first-order valence-electron chi connectivity index (χ1n) is 9.00. The zero-order chi connectivity index (χ0) is 16.1. The molecule has 0 saturated carbocycles. The summed E-state index contributed by atoms with van der Waals surface area (Å²) in [4.78, 5) is 20.1. The average Bonchev–Trinajstić information content (AvgIpc) is 3.08. The third-order valence-electron chi connectivity index (χ3n) is 4.75. The molecule has 3 rings (SSSR count). The maximum absolute atomic E-state index is 12.8. The number of nitrogens with zero attached hydrogens (tertiary/aromatic N) is 3. The fourth-order valence-corrected chi connectivity index (χ4v) is 3.43. The molecule has 0 N–H and O–H groups in total. The number of aromatic nitrogens is 2. The molecule has 0 unspecified atom stereocenters. The van der Waals surface area contributed by atoms with Gasteiger partial charge < -0.3 is 4.90 Å². The van der Waals surface area contributed by atoms with Crippen molar-refractivity contribution in [2.24, 2.45) is 0 Å². The first-order chi connectivity index (χ1) is 11.3. The van der Waals surface area contributed by atoms with Gasteiger partial charge in [-0.05, 0) is 57.5 Å². The van der Waals surface area contributed by atoms with Crippen LogP contribution in [0.3, 0.4) is 0 Å². The summed E-state index contributed by atoms with van der Waals surface area (Å²) in [5.41, 5.74) is 0.961. The van der Waals surface area contributed by atoms with Gasteiger partial charge in [0.1, 0.15) is 5.82 Å². The lowest BCUT2D eigenvalue weighted by atomic mass is 10.2. The molecule has 124 valence electrons. The standard InChI is InChI=1S/C19H27N3O/c1-2-3-11-18-20-17-10-5-4-9-16(17)19(23)22(18)15-8-14-21-12-6-7-13-21/h4-5,9-10H,2-3,6-8,11-15H2,1H3. The largest absolute Gasteiger partial charge is 0.303 e. The van der Waals surface area contributed by atoms with E-state index in [4.69, 9.17) is 4.98 Å². The topological polar surface area (TPSA) is 38.1 Å². The van der Waals surface area contributed by atoms with Crippen molar-refractivity contribution < 1.29 is 0 Å².